The minimum absolute atomic E-state index is 0.0870. The maximum atomic E-state index is 11.9. The molecule has 0 bridgehead atoms. The van der Waals surface area contributed by atoms with Crippen LogP contribution in [0.15, 0.2) is 53.0 Å². The fourth-order valence-electron chi connectivity index (χ4n) is 2.06. The van der Waals surface area contributed by atoms with E-state index in [0.717, 1.165) is 16.5 Å². The van der Waals surface area contributed by atoms with Gasteiger partial charge in [-0.1, -0.05) is 58.4 Å². The Bertz CT molecular complexity index is 544. The van der Waals surface area contributed by atoms with Crippen molar-refractivity contribution in [3.63, 3.8) is 0 Å². The topological polar surface area (TPSA) is 29.1 Å². The van der Waals surface area contributed by atoms with E-state index in [1.54, 1.807) is 0 Å². The molecule has 0 saturated carbocycles. The summed E-state index contributed by atoms with van der Waals surface area (Å²) in [6.07, 6.45) is 1.31. The zero-order chi connectivity index (χ0) is 14.4. The summed E-state index contributed by atoms with van der Waals surface area (Å²) in [5, 5.41) is 2.96. The van der Waals surface area contributed by atoms with Gasteiger partial charge < -0.3 is 5.32 Å². The molecule has 0 heterocycles. The molecule has 0 saturated heterocycles. The summed E-state index contributed by atoms with van der Waals surface area (Å²) in [6.45, 7) is 2.64. The Labute approximate surface area is 128 Å². The van der Waals surface area contributed by atoms with Gasteiger partial charge in [-0.15, -0.1) is 0 Å². The van der Waals surface area contributed by atoms with E-state index < -0.39 is 0 Å². The lowest BCUT2D eigenvalue weighted by molar-refractivity contribution is -0.121. The summed E-state index contributed by atoms with van der Waals surface area (Å²) in [7, 11) is 0. The van der Waals surface area contributed by atoms with Crippen LogP contribution in [-0.4, -0.2) is 5.91 Å². The van der Waals surface area contributed by atoms with Crippen LogP contribution in [0.2, 0.25) is 0 Å². The summed E-state index contributed by atoms with van der Waals surface area (Å²) in [5.41, 5.74) is 3.58. The number of nitrogens with one attached hydrogen (secondary N) is 1. The van der Waals surface area contributed by atoms with Gasteiger partial charge in [0.05, 0.1) is 0 Å². The molecule has 104 valence electrons. The number of aryl methyl sites for hydroxylation is 2. The maximum Gasteiger partial charge on any atom is 0.220 e. The van der Waals surface area contributed by atoms with E-state index in [9.17, 15) is 4.79 Å². The molecule has 2 aromatic rings. The summed E-state index contributed by atoms with van der Waals surface area (Å²) in [6, 6.07) is 16.1. The molecular formula is C17H18BrNO. The van der Waals surface area contributed by atoms with E-state index in [1.165, 1.54) is 11.1 Å². The van der Waals surface area contributed by atoms with Crippen LogP contribution in [0.25, 0.3) is 0 Å². The first-order valence-electron chi connectivity index (χ1n) is 6.71. The van der Waals surface area contributed by atoms with Crippen molar-refractivity contribution in [1.82, 2.24) is 5.32 Å². The SMILES string of the molecule is Cc1ccccc1CCC(=O)NCc1ccccc1Br. The molecule has 1 N–H and O–H groups in total. The van der Waals surface area contributed by atoms with Crippen LogP contribution in [0.4, 0.5) is 0 Å². The first kappa shape index (κ1) is 14.8. The summed E-state index contributed by atoms with van der Waals surface area (Å²) in [5.74, 6) is 0.0870. The van der Waals surface area contributed by atoms with Crippen molar-refractivity contribution >= 4 is 21.8 Å². The molecule has 3 heteroatoms. The van der Waals surface area contributed by atoms with Crippen molar-refractivity contribution in [2.24, 2.45) is 0 Å². The highest BCUT2D eigenvalue weighted by Crippen LogP contribution is 2.15. The third kappa shape index (κ3) is 4.20. The van der Waals surface area contributed by atoms with Gasteiger partial charge in [0.15, 0.2) is 0 Å². The predicted octanol–water partition coefficient (Wildman–Crippen LogP) is 4.01. The van der Waals surface area contributed by atoms with Crippen molar-refractivity contribution in [1.29, 1.82) is 0 Å². The third-order valence-corrected chi connectivity index (χ3v) is 4.09. The standard InChI is InChI=1S/C17H18BrNO/c1-13-6-2-3-7-14(13)10-11-17(20)19-12-15-8-4-5-9-16(15)18/h2-9H,10-12H2,1H3,(H,19,20). The second kappa shape index (κ2) is 7.25. The fraction of sp³-hybridized carbons (Fsp3) is 0.235. The third-order valence-electron chi connectivity index (χ3n) is 3.32. The number of carbonyl (C=O) groups is 1. The Kier molecular flexibility index (Phi) is 5.36. The van der Waals surface area contributed by atoms with Crippen molar-refractivity contribution in [3.8, 4) is 0 Å². The Balaban J connectivity index is 1.82. The minimum atomic E-state index is 0.0870. The quantitative estimate of drug-likeness (QED) is 0.881. The van der Waals surface area contributed by atoms with Gasteiger partial charge in [0.2, 0.25) is 5.91 Å². The number of hydrogen-bond donors (Lipinski definition) is 1. The molecule has 2 nitrogen and oxygen atoms in total. The molecule has 0 aliphatic carbocycles. The fourth-order valence-corrected chi connectivity index (χ4v) is 2.49. The number of halogens is 1. The smallest absolute Gasteiger partial charge is 0.220 e. The van der Waals surface area contributed by atoms with Gasteiger partial charge in [-0.05, 0) is 36.1 Å². The summed E-state index contributed by atoms with van der Waals surface area (Å²) < 4.78 is 1.03. The van der Waals surface area contributed by atoms with Gasteiger partial charge in [-0.3, -0.25) is 4.79 Å². The Morgan fingerprint density at radius 2 is 1.70 bits per heavy atom. The van der Waals surface area contributed by atoms with Gasteiger partial charge in [0.25, 0.3) is 0 Å². The van der Waals surface area contributed by atoms with E-state index in [4.69, 9.17) is 0 Å². The average molecular weight is 332 g/mol. The van der Waals surface area contributed by atoms with E-state index in [-0.39, 0.29) is 5.91 Å². The average Bonchev–Trinajstić information content (AvgIpc) is 2.45. The van der Waals surface area contributed by atoms with E-state index >= 15 is 0 Å². The van der Waals surface area contributed by atoms with Crippen LogP contribution in [0.1, 0.15) is 23.1 Å². The number of rotatable bonds is 5. The monoisotopic (exact) mass is 331 g/mol. The van der Waals surface area contributed by atoms with Crippen LogP contribution in [0, 0.1) is 6.92 Å². The molecule has 0 fully saturated rings. The maximum absolute atomic E-state index is 11.9. The van der Waals surface area contributed by atoms with Crippen LogP contribution < -0.4 is 5.32 Å². The first-order chi connectivity index (χ1) is 9.66. The van der Waals surface area contributed by atoms with E-state index in [0.29, 0.717) is 13.0 Å². The number of hydrogen-bond acceptors (Lipinski definition) is 1. The predicted molar refractivity (Wildman–Crippen MR) is 85.5 cm³/mol. The molecule has 0 spiro atoms. The normalized spacial score (nSPS) is 10.3. The highest BCUT2D eigenvalue weighted by atomic mass is 79.9. The minimum Gasteiger partial charge on any atom is -0.352 e. The van der Waals surface area contributed by atoms with Crippen molar-refractivity contribution in [2.75, 3.05) is 0 Å². The molecule has 0 aliphatic heterocycles. The van der Waals surface area contributed by atoms with Gasteiger partial charge in [-0.2, -0.15) is 0 Å². The molecule has 1 amide bonds. The Morgan fingerprint density at radius 1 is 1.05 bits per heavy atom. The molecular weight excluding hydrogens is 314 g/mol. The van der Waals surface area contributed by atoms with Crippen LogP contribution in [0.3, 0.4) is 0 Å². The molecule has 2 rings (SSSR count). The molecule has 20 heavy (non-hydrogen) atoms. The molecule has 2 aromatic carbocycles. The zero-order valence-corrected chi connectivity index (χ0v) is 13.1. The largest absolute Gasteiger partial charge is 0.352 e. The zero-order valence-electron chi connectivity index (χ0n) is 11.5. The second-order valence-electron chi connectivity index (χ2n) is 4.79. The Morgan fingerprint density at radius 3 is 2.40 bits per heavy atom. The lowest BCUT2D eigenvalue weighted by Gasteiger charge is -2.08. The van der Waals surface area contributed by atoms with Gasteiger partial charge in [-0.25, -0.2) is 0 Å². The molecule has 0 atom stereocenters. The lowest BCUT2D eigenvalue weighted by atomic mass is 10.0. The number of benzene rings is 2. The van der Waals surface area contributed by atoms with Crippen molar-refractivity contribution < 1.29 is 4.79 Å². The van der Waals surface area contributed by atoms with Crippen LogP contribution in [-0.2, 0) is 17.8 Å². The summed E-state index contributed by atoms with van der Waals surface area (Å²) >= 11 is 3.48. The van der Waals surface area contributed by atoms with Crippen molar-refractivity contribution in [2.45, 2.75) is 26.3 Å². The molecule has 0 unspecified atom stereocenters. The van der Waals surface area contributed by atoms with E-state index in [1.807, 2.05) is 36.4 Å². The van der Waals surface area contributed by atoms with Crippen LogP contribution in [0.5, 0.6) is 0 Å². The van der Waals surface area contributed by atoms with Gasteiger partial charge in [0, 0.05) is 17.4 Å². The summed E-state index contributed by atoms with van der Waals surface area (Å²) in [4.78, 5) is 11.9. The Hall–Kier alpha value is -1.61. The first-order valence-corrected chi connectivity index (χ1v) is 7.51. The molecule has 0 radical (unpaired) electrons. The lowest BCUT2D eigenvalue weighted by Crippen LogP contribution is -2.23. The van der Waals surface area contributed by atoms with E-state index in [2.05, 4.69) is 40.3 Å². The van der Waals surface area contributed by atoms with Gasteiger partial charge >= 0.3 is 0 Å². The van der Waals surface area contributed by atoms with Crippen molar-refractivity contribution in [3.05, 3.63) is 69.7 Å². The number of amides is 1. The highest BCUT2D eigenvalue weighted by molar-refractivity contribution is 9.10. The highest BCUT2D eigenvalue weighted by Gasteiger charge is 2.05. The van der Waals surface area contributed by atoms with Gasteiger partial charge in [0.1, 0.15) is 0 Å². The molecule has 0 aliphatic rings. The second-order valence-corrected chi connectivity index (χ2v) is 5.65. The number of carbonyl (C=O) groups excluding carboxylic acids is 1. The molecule has 0 aromatic heterocycles. The van der Waals surface area contributed by atoms with Crippen LogP contribution >= 0.6 is 15.9 Å².